The van der Waals surface area contributed by atoms with Crippen molar-refractivity contribution in [3.8, 4) is 22.7 Å². The fourth-order valence-corrected chi connectivity index (χ4v) is 4.55. The Hall–Kier alpha value is -4.06. The number of benzene rings is 2. The van der Waals surface area contributed by atoms with Crippen LogP contribution in [0.5, 0.6) is 5.75 Å². The molecule has 0 unspecified atom stereocenters. The van der Waals surface area contributed by atoms with E-state index in [1.165, 1.54) is 29.2 Å². The first-order valence-corrected chi connectivity index (χ1v) is 11.9. The maximum atomic E-state index is 13.8. The van der Waals surface area contributed by atoms with E-state index in [0.29, 0.717) is 12.1 Å². The molecule has 218 valence electrons. The fraction of sp³-hybridized carbons (Fsp3) is 0.333. The Bertz CT molecular complexity index is 1490. The standard InChI is InChI=1S/C24H20F6N6O5/c25-14-7-11(8-15(26)18(14)27)16-9-36(34-32-16)19-20(38)17(5-6-37)40-22(21(19)39)23-33-31-10-35(23)12-1-3-13(4-2-12)41-24(28,29)30/h1-4,7-10,17,19-22,37-39H,5-6H2/t17-,19+,20+,21-,22-/m1/s1. The zero-order chi connectivity index (χ0) is 29.5. The normalized spacial score (nSPS) is 23.1. The summed E-state index contributed by atoms with van der Waals surface area (Å²) in [5.74, 6) is -5.07. The zero-order valence-corrected chi connectivity index (χ0v) is 20.5. The van der Waals surface area contributed by atoms with Gasteiger partial charge in [0.1, 0.15) is 42.1 Å². The van der Waals surface area contributed by atoms with Crippen molar-refractivity contribution in [1.82, 2.24) is 29.8 Å². The van der Waals surface area contributed by atoms with Gasteiger partial charge >= 0.3 is 6.36 Å². The molecule has 5 atom stereocenters. The number of halogens is 6. The van der Waals surface area contributed by atoms with Crippen molar-refractivity contribution in [2.45, 2.75) is 43.2 Å². The van der Waals surface area contributed by atoms with Gasteiger partial charge in [0.15, 0.2) is 23.3 Å². The van der Waals surface area contributed by atoms with E-state index in [2.05, 4.69) is 25.2 Å². The fourth-order valence-electron chi connectivity index (χ4n) is 4.55. The van der Waals surface area contributed by atoms with Gasteiger partial charge in [-0.1, -0.05) is 5.21 Å². The average Bonchev–Trinajstić information content (AvgIpc) is 3.59. The summed E-state index contributed by atoms with van der Waals surface area (Å²) in [7, 11) is 0. The molecule has 0 amide bonds. The van der Waals surface area contributed by atoms with E-state index in [4.69, 9.17) is 4.74 Å². The minimum atomic E-state index is -4.89. The second-order valence-corrected chi connectivity index (χ2v) is 9.02. The van der Waals surface area contributed by atoms with E-state index in [1.807, 2.05) is 0 Å². The summed E-state index contributed by atoms with van der Waals surface area (Å²) in [6.07, 6.45) is -8.06. The summed E-state index contributed by atoms with van der Waals surface area (Å²) in [5.41, 5.74) is 0.0123. The van der Waals surface area contributed by atoms with Gasteiger partial charge in [0, 0.05) is 17.9 Å². The maximum Gasteiger partial charge on any atom is 0.573 e. The molecule has 2 aromatic heterocycles. The van der Waals surface area contributed by atoms with Gasteiger partial charge < -0.3 is 24.8 Å². The molecule has 0 spiro atoms. The molecule has 0 radical (unpaired) electrons. The summed E-state index contributed by atoms with van der Waals surface area (Å²) in [4.78, 5) is 0. The highest BCUT2D eigenvalue weighted by molar-refractivity contribution is 5.58. The first kappa shape index (κ1) is 28.5. The highest BCUT2D eigenvalue weighted by Crippen LogP contribution is 2.39. The van der Waals surface area contributed by atoms with Crippen molar-refractivity contribution in [1.29, 1.82) is 0 Å². The minimum absolute atomic E-state index is 0.00940. The molecule has 1 fully saturated rings. The maximum absolute atomic E-state index is 13.8. The molecule has 1 aliphatic rings. The molecule has 0 bridgehead atoms. The van der Waals surface area contributed by atoms with Crippen molar-refractivity contribution < 1.29 is 51.1 Å². The second-order valence-electron chi connectivity index (χ2n) is 9.02. The number of aliphatic hydroxyl groups excluding tert-OH is 3. The summed E-state index contributed by atoms with van der Waals surface area (Å²) >= 11 is 0. The highest BCUT2D eigenvalue weighted by Gasteiger charge is 2.48. The van der Waals surface area contributed by atoms with Crippen molar-refractivity contribution in [2.24, 2.45) is 0 Å². The van der Waals surface area contributed by atoms with Gasteiger partial charge in [-0.15, -0.1) is 28.5 Å². The lowest BCUT2D eigenvalue weighted by atomic mass is 9.90. The molecule has 2 aromatic carbocycles. The molecule has 17 heteroatoms. The molecular weight excluding hydrogens is 566 g/mol. The number of alkyl halides is 3. The number of hydrogen-bond acceptors (Lipinski definition) is 9. The summed E-state index contributed by atoms with van der Waals surface area (Å²) < 4.78 is 90.6. The van der Waals surface area contributed by atoms with E-state index >= 15 is 0 Å². The third kappa shape index (κ3) is 5.74. The third-order valence-corrected chi connectivity index (χ3v) is 6.40. The Kier molecular flexibility index (Phi) is 7.69. The van der Waals surface area contributed by atoms with Crippen LogP contribution in [0, 0.1) is 17.5 Å². The van der Waals surface area contributed by atoms with Crippen LogP contribution in [-0.2, 0) is 4.74 Å². The Morgan fingerprint density at radius 1 is 0.976 bits per heavy atom. The van der Waals surface area contributed by atoms with E-state index in [1.54, 1.807) is 0 Å². The summed E-state index contributed by atoms with van der Waals surface area (Å²) in [5, 5.41) is 47.3. The van der Waals surface area contributed by atoms with Crippen molar-refractivity contribution in [2.75, 3.05) is 6.61 Å². The molecular formula is C24H20F6N6O5. The zero-order valence-electron chi connectivity index (χ0n) is 20.5. The summed E-state index contributed by atoms with van der Waals surface area (Å²) in [6.45, 7) is -0.415. The van der Waals surface area contributed by atoms with Gasteiger partial charge in [0.25, 0.3) is 0 Å². The molecule has 41 heavy (non-hydrogen) atoms. The Balaban J connectivity index is 1.47. The van der Waals surface area contributed by atoms with Crippen LogP contribution in [0.2, 0.25) is 0 Å². The largest absolute Gasteiger partial charge is 0.573 e. The molecule has 5 rings (SSSR count). The SMILES string of the molecule is OCC[C@H]1O[C@@H](c2nncn2-c2ccc(OC(F)(F)F)cc2)[C@H](O)[C@@H](n2cc(-c3cc(F)c(F)c(F)c3)nn2)[C@H]1O. The van der Waals surface area contributed by atoms with Crippen molar-refractivity contribution in [3.63, 3.8) is 0 Å². The van der Waals surface area contributed by atoms with Gasteiger partial charge in [-0.3, -0.25) is 4.57 Å². The van der Waals surface area contributed by atoms with Crippen LogP contribution in [-0.4, -0.2) is 76.4 Å². The first-order chi connectivity index (χ1) is 19.5. The lowest BCUT2D eigenvalue weighted by molar-refractivity contribution is -0.274. The van der Waals surface area contributed by atoms with Crippen LogP contribution in [0.3, 0.4) is 0 Å². The first-order valence-electron chi connectivity index (χ1n) is 11.9. The Labute approximate surface area is 226 Å². The summed E-state index contributed by atoms with van der Waals surface area (Å²) in [6, 6.07) is 4.79. The molecule has 1 saturated heterocycles. The third-order valence-electron chi connectivity index (χ3n) is 6.40. The lowest BCUT2D eigenvalue weighted by Gasteiger charge is -2.42. The Morgan fingerprint density at radius 2 is 1.66 bits per heavy atom. The van der Waals surface area contributed by atoms with Crippen LogP contribution in [0.4, 0.5) is 26.3 Å². The van der Waals surface area contributed by atoms with Crippen molar-refractivity contribution >= 4 is 0 Å². The predicted molar refractivity (Wildman–Crippen MR) is 124 cm³/mol. The number of hydrogen-bond donors (Lipinski definition) is 3. The predicted octanol–water partition coefficient (Wildman–Crippen LogP) is 2.63. The van der Waals surface area contributed by atoms with Gasteiger partial charge in [0.2, 0.25) is 0 Å². The minimum Gasteiger partial charge on any atom is -0.406 e. The van der Waals surface area contributed by atoms with Crippen LogP contribution in [0.1, 0.15) is 24.4 Å². The molecule has 11 nitrogen and oxygen atoms in total. The second kappa shape index (κ2) is 11.1. The molecule has 4 aromatic rings. The monoisotopic (exact) mass is 586 g/mol. The number of ether oxygens (including phenoxy) is 2. The molecule has 0 aliphatic carbocycles. The van der Waals surface area contributed by atoms with Crippen LogP contribution in [0.15, 0.2) is 48.9 Å². The molecule has 1 aliphatic heterocycles. The van der Waals surface area contributed by atoms with Gasteiger partial charge in [-0.05, 0) is 42.8 Å². The molecule has 0 saturated carbocycles. The van der Waals surface area contributed by atoms with E-state index in [-0.39, 0.29) is 29.2 Å². The van der Waals surface area contributed by atoms with Gasteiger partial charge in [-0.25, -0.2) is 17.9 Å². The average molecular weight is 586 g/mol. The molecule has 3 heterocycles. The number of nitrogens with zero attached hydrogens (tertiary/aromatic N) is 6. The van der Waals surface area contributed by atoms with Crippen molar-refractivity contribution in [3.05, 3.63) is 72.2 Å². The topological polar surface area (TPSA) is 141 Å². The quantitative estimate of drug-likeness (QED) is 0.220. The van der Waals surface area contributed by atoms with Gasteiger partial charge in [0.05, 0.1) is 12.3 Å². The van der Waals surface area contributed by atoms with E-state index in [9.17, 15) is 41.7 Å². The van der Waals surface area contributed by atoms with Crippen LogP contribution < -0.4 is 4.74 Å². The van der Waals surface area contributed by atoms with Gasteiger partial charge in [-0.2, -0.15) is 0 Å². The number of aliphatic hydroxyl groups is 3. The smallest absolute Gasteiger partial charge is 0.406 e. The van der Waals surface area contributed by atoms with E-state index in [0.717, 1.165) is 16.8 Å². The van der Waals surface area contributed by atoms with Crippen LogP contribution in [0.25, 0.3) is 16.9 Å². The number of aromatic nitrogens is 6. The highest BCUT2D eigenvalue weighted by atomic mass is 19.4. The lowest BCUT2D eigenvalue weighted by Crippen LogP contribution is -2.52. The number of rotatable bonds is 7. The Morgan fingerprint density at radius 3 is 2.29 bits per heavy atom. The van der Waals surface area contributed by atoms with E-state index < -0.39 is 66.6 Å². The molecule has 3 N–H and O–H groups in total. The van der Waals surface area contributed by atoms with Crippen LogP contribution >= 0.6 is 0 Å².